The van der Waals surface area contributed by atoms with Gasteiger partial charge in [-0.2, -0.15) is 0 Å². The number of hydrogen-bond donors (Lipinski definition) is 2. The monoisotopic (exact) mass is 315 g/mol. The molecule has 0 aromatic heterocycles. The summed E-state index contributed by atoms with van der Waals surface area (Å²) in [5.41, 5.74) is 2.29. The smallest absolute Gasteiger partial charge is 0.165 e. The van der Waals surface area contributed by atoms with Gasteiger partial charge in [0.25, 0.3) is 0 Å². The molecule has 1 aromatic carbocycles. The largest absolute Gasteiger partial charge is 0.504 e. The molecule has 5 rings (SSSR count). The molecule has 5 nitrogen and oxygen atoms in total. The van der Waals surface area contributed by atoms with Gasteiger partial charge in [0.2, 0.25) is 0 Å². The van der Waals surface area contributed by atoms with Crippen molar-refractivity contribution in [3.05, 3.63) is 35.4 Å². The van der Waals surface area contributed by atoms with Crippen LogP contribution in [0.4, 0.5) is 0 Å². The zero-order valence-corrected chi connectivity index (χ0v) is 13.1. The summed E-state index contributed by atoms with van der Waals surface area (Å²) in [7, 11) is 2.19. The van der Waals surface area contributed by atoms with Crippen LogP contribution in [0.1, 0.15) is 17.5 Å². The average Bonchev–Trinajstić information content (AvgIpc) is 2.92. The molecule has 5 heteroatoms. The number of likely N-dealkylation sites (N-methyl/N-ethyl adjacent to an activating group) is 1. The van der Waals surface area contributed by atoms with E-state index in [1.165, 1.54) is 11.1 Å². The quantitative estimate of drug-likeness (QED) is 0.699. The van der Waals surface area contributed by atoms with E-state index in [0.717, 1.165) is 19.4 Å². The molecular weight excluding hydrogens is 294 g/mol. The number of benzene rings is 1. The van der Waals surface area contributed by atoms with Crippen LogP contribution in [0.5, 0.6) is 11.5 Å². The summed E-state index contributed by atoms with van der Waals surface area (Å²) in [5, 5.41) is 20.6. The molecule has 0 radical (unpaired) electrons. The van der Waals surface area contributed by atoms with Gasteiger partial charge in [-0.3, -0.25) is 0 Å². The van der Waals surface area contributed by atoms with E-state index in [-0.39, 0.29) is 17.3 Å². The molecule has 0 unspecified atom stereocenters. The number of aromatic hydroxyl groups is 1. The van der Waals surface area contributed by atoms with Crippen LogP contribution in [-0.2, 0) is 16.6 Å². The van der Waals surface area contributed by atoms with Crippen LogP contribution < -0.4 is 4.74 Å². The van der Waals surface area contributed by atoms with E-state index in [2.05, 4.69) is 18.0 Å². The highest BCUT2D eigenvalue weighted by atomic mass is 16.5. The lowest BCUT2D eigenvalue weighted by Crippen LogP contribution is -2.64. The standard InChI is InChI=1S/C17H19NO3.CH2O/c1-18-7-6-17-10-3-5-13(20)16(17)21-15-12(19)4-2-9(14(15)17)8-11(10)18;1-2/h2-5,10-11,13,16,19-20H,6-8H2,1H3;1H2/t10-,11+,13-,16-,17-;/m0./s1. The van der Waals surface area contributed by atoms with E-state index in [9.17, 15) is 10.2 Å². The summed E-state index contributed by atoms with van der Waals surface area (Å²) >= 11 is 0. The Labute approximate surface area is 135 Å². The molecule has 1 saturated heterocycles. The van der Waals surface area contributed by atoms with Crippen LogP contribution in [0.15, 0.2) is 24.3 Å². The maximum Gasteiger partial charge on any atom is 0.165 e. The number of ether oxygens (including phenoxy) is 1. The summed E-state index contributed by atoms with van der Waals surface area (Å²) < 4.78 is 6.09. The van der Waals surface area contributed by atoms with E-state index in [1.54, 1.807) is 6.07 Å². The lowest BCUT2D eigenvalue weighted by Gasteiger charge is -2.56. The van der Waals surface area contributed by atoms with E-state index in [1.807, 2.05) is 18.9 Å². The fourth-order valence-corrected chi connectivity index (χ4v) is 5.24. The Hall–Kier alpha value is -1.85. The highest BCUT2D eigenvalue weighted by Crippen LogP contribution is 2.62. The van der Waals surface area contributed by atoms with Crippen LogP contribution in [0.3, 0.4) is 0 Å². The van der Waals surface area contributed by atoms with Crippen LogP contribution in [0, 0.1) is 5.92 Å². The van der Waals surface area contributed by atoms with Gasteiger partial charge >= 0.3 is 0 Å². The second-order valence-corrected chi connectivity index (χ2v) is 6.93. The van der Waals surface area contributed by atoms with Gasteiger partial charge in [0.15, 0.2) is 11.5 Å². The van der Waals surface area contributed by atoms with E-state index in [4.69, 9.17) is 9.53 Å². The number of carbonyl (C=O) groups is 1. The maximum absolute atomic E-state index is 10.4. The number of carbonyl (C=O) groups excluding carboxylic acids is 1. The number of aliphatic hydroxyl groups is 1. The fourth-order valence-electron chi connectivity index (χ4n) is 5.24. The molecule has 23 heavy (non-hydrogen) atoms. The zero-order chi connectivity index (χ0) is 16.4. The molecule has 1 fully saturated rings. The minimum absolute atomic E-state index is 0.160. The number of aliphatic hydroxyl groups excluding tert-OH is 1. The number of rotatable bonds is 0. The Morgan fingerprint density at radius 2 is 2.13 bits per heavy atom. The molecule has 5 atom stereocenters. The number of phenolic OH excluding ortho intramolecular Hbond substituents is 1. The van der Waals surface area contributed by atoms with Gasteiger partial charge in [0, 0.05) is 22.9 Å². The van der Waals surface area contributed by atoms with Crippen molar-refractivity contribution in [1.82, 2.24) is 4.90 Å². The molecule has 0 amide bonds. The predicted molar refractivity (Wildman–Crippen MR) is 84.7 cm³/mol. The molecule has 1 aromatic rings. The molecule has 2 heterocycles. The zero-order valence-electron chi connectivity index (χ0n) is 13.1. The Balaban J connectivity index is 0.000000652. The summed E-state index contributed by atoms with van der Waals surface area (Å²) in [5.74, 6) is 1.19. The minimum atomic E-state index is -0.594. The lowest BCUT2D eigenvalue weighted by molar-refractivity contribution is -0.0979. The van der Waals surface area contributed by atoms with Crippen molar-refractivity contribution in [1.29, 1.82) is 0 Å². The van der Waals surface area contributed by atoms with Crippen LogP contribution in [0.25, 0.3) is 0 Å². The van der Waals surface area contributed by atoms with Crippen LogP contribution in [0.2, 0.25) is 0 Å². The number of hydrogen-bond acceptors (Lipinski definition) is 5. The molecular formula is C18H21NO4. The fraction of sp³-hybridized carbons (Fsp3) is 0.500. The molecule has 2 aliphatic heterocycles. The molecule has 2 aliphatic carbocycles. The van der Waals surface area contributed by atoms with E-state index >= 15 is 0 Å². The molecule has 1 spiro atoms. The Morgan fingerprint density at radius 3 is 2.91 bits per heavy atom. The third-order valence-electron chi connectivity index (χ3n) is 6.15. The first kappa shape index (κ1) is 14.7. The van der Waals surface area contributed by atoms with Crippen molar-refractivity contribution in [2.45, 2.75) is 36.5 Å². The third-order valence-corrected chi connectivity index (χ3v) is 6.15. The van der Waals surface area contributed by atoms with Crippen molar-refractivity contribution >= 4 is 6.79 Å². The third kappa shape index (κ3) is 1.61. The lowest BCUT2D eigenvalue weighted by atomic mass is 9.53. The Morgan fingerprint density at radius 1 is 1.35 bits per heavy atom. The summed E-state index contributed by atoms with van der Waals surface area (Å²) in [6, 6.07) is 4.23. The highest BCUT2D eigenvalue weighted by molar-refractivity contribution is 5.61. The van der Waals surface area contributed by atoms with E-state index in [0.29, 0.717) is 17.7 Å². The molecule has 2 N–H and O–H groups in total. The minimum Gasteiger partial charge on any atom is -0.504 e. The van der Waals surface area contributed by atoms with Gasteiger partial charge in [-0.15, -0.1) is 0 Å². The normalized spacial score (nSPS) is 39.0. The van der Waals surface area contributed by atoms with Crippen molar-refractivity contribution in [3.63, 3.8) is 0 Å². The van der Waals surface area contributed by atoms with Gasteiger partial charge < -0.3 is 24.6 Å². The molecule has 122 valence electrons. The molecule has 4 aliphatic rings. The van der Waals surface area contributed by atoms with Gasteiger partial charge in [0.05, 0.1) is 0 Å². The summed E-state index contributed by atoms with van der Waals surface area (Å²) in [6.07, 6.45) is 5.18. The molecule has 0 saturated carbocycles. The topological polar surface area (TPSA) is 70.0 Å². The van der Waals surface area contributed by atoms with Crippen molar-refractivity contribution in [2.24, 2.45) is 5.92 Å². The van der Waals surface area contributed by atoms with Crippen molar-refractivity contribution in [3.8, 4) is 11.5 Å². The Kier molecular flexibility index (Phi) is 3.09. The highest BCUT2D eigenvalue weighted by Gasteiger charge is 2.64. The van der Waals surface area contributed by atoms with Crippen molar-refractivity contribution in [2.75, 3.05) is 13.6 Å². The molecule has 2 bridgehead atoms. The van der Waals surface area contributed by atoms with Crippen LogP contribution in [-0.4, -0.2) is 53.7 Å². The number of phenols is 1. The number of likely N-dealkylation sites (tertiary alicyclic amines) is 1. The SMILES string of the molecule is C=O.CN1CC[C@]23c4c5ccc(O)c4O[C@H]2[C@@H](O)C=C[C@H]3[C@H]1C5. The van der Waals surface area contributed by atoms with Crippen LogP contribution >= 0.6 is 0 Å². The van der Waals surface area contributed by atoms with Gasteiger partial charge in [-0.1, -0.05) is 18.2 Å². The van der Waals surface area contributed by atoms with Gasteiger partial charge in [-0.25, -0.2) is 0 Å². The second-order valence-electron chi connectivity index (χ2n) is 6.93. The maximum atomic E-state index is 10.4. The second kappa shape index (κ2) is 4.82. The first-order chi connectivity index (χ1) is 11.1. The van der Waals surface area contributed by atoms with E-state index < -0.39 is 6.10 Å². The first-order valence-corrected chi connectivity index (χ1v) is 8.00. The average molecular weight is 315 g/mol. The van der Waals surface area contributed by atoms with Gasteiger partial charge in [-0.05, 0) is 38.1 Å². The Bertz CT molecular complexity index is 688. The number of nitrogens with zero attached hydrogens (tertiary/aromatic N) is 1. The van der Waals surface area contributed by atoms with Gasteiger partial charge in [0.1, 0.15) is 19.0 Å². The summed E-state index contributed by atoms with van der Waals surface area (Å²) in [4.78, 5) is 10.4. The van der Waals surface area contributed by atoms with Crippen molar-refractivity contribution < 1.29 is 19.7 Å². The first-order valence-electron chi connectivity index (χ1n) is 8.00. The predicted octanol–water partition coefficient (Wildman–Crippen LogP) is 1.01. The number of piperidine rings is 1. The summed E-state index contributed by atoms with van der Waals surface area (Å²) in [6.45, 7) is 3.01.